The third kappa shape index (κ3) is 4.89. The molecule has 5 heteroatoms. The Morgan fingerprint density at radius 3 is 2.56 bits per heavy atom. The molecule has 2 heterocycles. The van der Waals surface area contributed by atoms with Crippen molar-refractivity contribution in [2.45, 2.75) is 63.0 Å². The third-order valence-electron chi connectivity index (χ3n) is 7.79. The maximum atomic E-state index is 13.3. The summed E-state index contributed by atoms with van der Waals surface area (Å²) in [5.74, 6) is -0.539. The summed E-state index contributed by atoms with van der Waals surface area (Å²) >= 11 is 0. The van der Waals surface area contributed by atoms with Gasteiger partial charge in [-0.1, -0.05) is 49.2 Å². The number of esters is 1. The first-order valence-electron chi connectivity index (χ1n) is 12.2. The predicted octanol–water partition coefficient (Wildman–Crippen LogP) is 4.24. The second kappa shape index (κ2) is 10.1. The first-order valence-corrected chi connectivity index (χ1v) is 12.2. The zero-order chi connectivity index (χ0) is 22.4. The molecule has 0 bridgehead atoms. The number of aromatic nitrogens is 1. The van der Waals surface area contributed by atoms with Gasteiger partial charge in [0.25, 0.3) is 0 Å². The molecule has 5 nitrogen and oxygen atoms in total. The van der Waals surface area contributed by atoms with Gasteiger partial charge in [0.2, 0.25) is 0 Å². The molecule has 1 aliphatic carbocycles. The van der Waals surface area contributed by atoms with Gasteiger partial charge in [-0.3, -0.25) is 4.98 Å². The van der Waals surface area contributed by atoms with E-state index in [4.69, 9.17) is 4.74 Å². The van der Waals surface area contributed by atoms with Crippen molar-refractivity contribution in [3.63, 3.8) is 0 Å². The number of hydrogen-bond donors (Lipinski definition) is 1. The van der Waals surface area contributed by atoms with E-state index in [0.717, 1.165) is 74.6 Å². The minimum atomic E-state index is -1.54. The Hall–Kier alpha value is -2.24. The molecule has 1 N–H and O–H groups in total. The Bertz CT molecular complexity index is 869. The summed E-state index contributed by atoms with van der Waals surface area (Å²) < 4.78 is 6.83. The number of nitrogens with zero attached hydrogens (tertiary/aromatic N) is 2. The highest BCUT2D eigenvalue weighted by Gasteiger charge is 2.48. The van der Waals surface area contributed by atoms with E-state index in [2.05, 4.69) is 18.1 Å². The molecule has 2 aliphatic rings. The number of hydrogen-bond acceptors (Lipinski definition) is 4. The quantitative estimate of drug-likeness (QED) is 0.471. The summed E-state index contributed by atoms with van der Waals surface area (Å²) in [5, 5.41) is 11.6. The SMILES string of the molecule is C[N@+]1(CCCc2ccccn2)CCCC1COC(=O)C(O)(c1ccccc1)C1CCCC1. The van der Waals surface area contributed by atoms with Crippen molar-refractivity contribution < 1.29 is 19.1 Å². The van der Waals surface area contributed by atoms with E-state index < -0.39 is 11.6 Å². The number of carbonyl (C=O) groups is 1. The summed E-state index contributed by atoms with van der Waals surface area (Å²) in [4.78, 5) is 17.8. The number of benzene rings is 1. The van der Waals surface area contributed by atoms with Gasteiger partial charge in [0.05, 0.1) is 20.1 Å². The van der Waals surface area contributed by atoms with Crippen molar-refractivity contribution in [2.24, 2.45) is 5.92 Å². The number of ether oxygens (including phenoxy) is 1. The standard InChI is InChI=1S/C27H37N2O3/c1-29(19-9-16-24-15-7-8-18-28-24)20-10-17-25(29)21-32-26(30)27(31,23-13-5-6-14-23)22-11-3-2-4-12-22/h2-4,7-8,11-12,15,18,23,25,31H,5-6,9-10,13-14,16-17,19-21H2,1H3/q+1/t25?,27?,29-/m0/s1. The molecule has 1 saturated heterocycles. The van der Waals surface area contributed by atoms with Crippen LogP contribution in [0, 0.1) is 5.92 Å². The molecule has 32 heavy (non-hydrogen) atoms. The second-order valence-electron chi connectivity index (χ2n) is 9.86. The van der Waals surface area contributed by atoms with Crippen LogP contribution in [-0.2, 0) is 21.6 Å². The molecule has 172 valence electrons. The van der Waals surface area contributed by atoms with Crippen LogP contribution in [0.4, 0.5) is 0 Å². The van der Waals surface area contributed by atoms with E-state index in [0.29, 0.717) is 12.2 Å². The normalized spacial score (nSPS) is 25.5. The maximum Gasteiger partial charge on any atom is 0.343 e. The molecule has 1 saturated carbocycles. The van der Waals surface area contributed by atoms with E-state index >= 15 is 0 Å². The number of likely N-dealkylation sites (tertiary alicyclic amines) is 1. The average Bonchev–Trinajstić information content (AvgIpc) is 3.49. The predicted molar refractivity (Wildman–Crippen MR) is 125 cm³/mol. The topological polar surface area (TPSA) is 59.4 Å². The zero-order valence-corrected chi connectivity index (χ0v) is 19.3. The van der Waals surface area contributed by atoms with Crippen molar-refractivity contribution in [1.82, 2.24) is 4.98 Å². The summed E-state index contributed by atoms with van der Waals surface area (Å²) in [6.07, 6.45) is 9.93. The monoisotopic (exact) mass is 437 g/mol. The number of likely N-dealkylation sites (N-methyl/N-ethyl adjacent to an activating group) is 1. The molecule has 2 unspecified atom stereocenters. The Morgan fingerprint density at radius 2 is 1.84 bits per heavy atom. The number of quaternary nitrogens is 1. The van der Waals surface area contributed by atoms with Crippen LogP contribution >= 0.6 is 0 Å². The fraction of sp³-hybridized carbons (Fsp3) is 0.556. The Morgan fingerprint density at radius 1 is 1.09 bits per heavy atom. The molecule has 4 rings (SSSR count). The fourth-order valence-electron chi connectivity index (χ4n) is 5.75. The van der Waals surface area contributed by atoms with Crippen molar-refractivity contribution in [2.75, 3.05) is 26.7 Å². The lowest BCUT2D eigenvalue weighted by atomic mass is 9.80. The highest BCUT2D eigenvalue weighted by molar-refractivity contribution is 5.81. The van der Waals surface area contributed by atoms with Crippen LogP contribution in [0.5, 0.6) is 0 Å². The molecule has 3 atom stereocenters. The molecule has 0 amide bonds. The van der Waals surface area contributed by atoms with Gasteiger partial charge in [-0.05, 0) is 37.0 Å². The van der Waals surface area contributed by atoms with Gasteiger partial charge >= 0.3 is 5.97 Å². The maximum absolute atomic E-state index is 13.3. The molecule has 1 aromatic heterocycles. The lowest BCUT2D eigenvalue weighted by Gasteiger charge is -2.37. The van der Waals surface area contributed by atoms with Crippen molar-refractivity contribution >= 4 is 5.97 Å². The van der Waals surface area contributed by atoms with E-state index in [9.17, 15) is 9.90 Å². The number of aryl methyl sites for hydroxylation is 1. The van der Waals surface area contributed by atoms with Gasteiger partial charge in [0, 0.05) is 37.1 Å². The van der Waals surface area contributed by atoms with Crippen LogP contribution in [0.25, 0.3) is 0 Å². The Labute approximate surface area is 192 Å². The van der Waals surface area contributed by atoms with Gasteiger partial charge in [0.15, 0.2) is 5.60 Å². The Balaban J connectivity index is 1.38. The molecule has 0 radical (unpaired) electrons. The molecule has 2 aromatic rings. The second-order valence-corrected chi connectivity index (χ2v) is 9.86. The summed E-state index contributed by atoms with van der Waals surface area (Å²) in [6, 6.07) is 15.7. The molecule has 1 aromatic carbocycles. The number of aliphatic hydroxyl groups is 1. The number of carbonyl (C=O) groups excluding carboxylic acids is 1. The number of rotatable bonds is 9. The van der Waals surface area contributed by atoms with Gasteiger partial charge in [-0.2, -0.15) is 0 Å². The van der Waals surface area contributed by atoms with Gasteiger partial charge in [0.1, 0.15) is 12.6 Å². The molecule has 0 spiro atoms. The third-order valence-corrected chi connectivity index (χ3v) is 7.79. The smallest absolute Gasteiger partial charge is 0.343 e. The van der Waals surface area contributed by atoms with Crippen molar-refractivity contribution in [1.29, 1.82) is 0 Å². The van der Waals surface area contributed by atoms with Crippen molar-refractivity contribution in [3.8, 4) is 0 Å². The molecular formula is C27H37N2O3+. The van der Waals surface area contributed by atoms with Crippen LogP contribution in [0.1, 0.15) is 56.2 Å². The van der Waals surface area contributed by atoms with Crippen LogP contribution in [0.2, 0.25) is 0 Å². The summed E-state index contributed by atoms with van der Waals surface area (Å²) in [6.45, 7) is 2.53. The van der Waals surface area contributed by atoms with Gasteiger partial charge < -0.3 is 14.3 Å². The van der Waals surface area contributed by atoms with Crippen LogP contribution < -0.4 is 0 Å². The van der Waals surface area contributed by atoms with E-state index in [1.165, 1.54) is 0 Å². The lowest BCUT2D eigenvalue weighted by Crippen LogP contribution is -2.52. The van der Waals surface area contributed by atoms with E-state index in [1.807, 2.05) is 48.7 Å². The van der Waals surface area contributed by atoms with Gasteiger partial charge in [-0.15, -0.1) is 0 Å². The first kappa shape index (κ1) is 22.9. The largest absolute Gasteiger partial charge is 0.457 e. The van der Waals surface area contributed by atoms with E-state index in [1.54, 1.807) is 0 Å². The average molecular weight is 438 g/mol. The highest BCUT2D eigenvalue weighted by atomic mass is 16.6. The lowest BCUT2D eigenvalue weighted by molar-refractivity contribution is -0.921. The summed E-state index contributed by atoms with van der Waals surface area (Å²) in [7, 11) is 2.28. The zero-order valence-electron chi connectivity index (χ0n) is 19.3. The van der Waals surface area contributed by atoms with Gasteiger partial charge in [-0.25, -0.2) is 4.79 Å². The van der Waals surface area contributed by atoms with Crippen LogP contribution in [0.15, 0.2) is 54.7 Å². The van der Waals surface area contributed by atoms with Crippen molar-refractivity contribution in [3.05, 3.63) is 66.0 Å². The minimum absolute atomic E-state index is 0.0692. The Kier molecular flexibility index (Phi) is 7.27. The highest BCUT2D eigenvalue weighted by Crippen LogP contribution is 2.41. The fourth-order valence-corrected chi connectivity index (χ4v) is 5.75. The van der Waals surface area contributed by atoms with Crippen LogP contribution in [-0.4, -0.2) is 53.3 Å². The van der Waals surface area contributed by atoms with Crippen LogP contribution in [0.3, 0.4) is 0 Å². The van der Waals surface area contributed by atoms with E-state index in [-0.39, 0.29) is 12.0 Å². The molecule has 1 aliphatic heterocycles. The molecule has 2 fully saturated rings. The summed E-state index contributed by atoms with van der Waals surface area (Å²) in [5.41, 5.74) is 0.250. The first-order chi connectivity index (χ1) is 15.5. The minimum Gasteiger partial charge on any atom is -0.457 e. The number of pyridine rings is 1. The molecular weight excluding hydrogens is 400 g/mol.